The van der Waals surface area contributed by atoms with Crippen LogP contribution in [-0.2, 0) is 0 Å². The summed E-state index contributed by atoms with van der Waals surface area (Å²) in [6, 6.07) is 6.03. The Morgan fingerprint density at radius 1 is 1.00 bits per heavy atom. The van der Waals surface area contributed by atoms with E-state index in [9.17, 15) is 5.11 Å². The van der Waals surface area contributed by atoms with E-state index < -0.39 is 6.10 Å². The second-order valence-electron chi connectivity index (χ2n) is 9.21. The maximum absolute atomic E-state index is 9.80. The van der Waals surface area contributed by atoms with Crippen molar-refractivity contribution >= 4 is 5.82 Å². The van der Waals surface area contributed by atoms with E-state index >= 15 is 0 Å². The number of nitrogens with zero attached hydrogens (tertiary/aromatic N) is 3. The lowest BCUT2D eigenvalue weighted by atomic mass is 9.52. The van der Waals surface area contributed by atoms with Crippen molar-refractivity contribution in [3.8, 4) is 0 Å². The fourth-order valence-corrected chi connectivity index (χ4v) is 6.71. The maximum Gasteiger partial charge on any atom is 0.129 e. The minimum atomic E-state index is -0.492. The van der Waals surface area contributed by atoms with Gasteiger partial charge in [-0.2, -0.15) is 0 Å². The van der Waals surface area contributed by atoms with Crippen LogP contribution in [-0.4, -0.2) is 46.7 Å². The third-order valence-corrected chi connectivity index (χ3v) is 7.46. The third-order valence-electron chi connectivity index (χ3n) is 7.46. The number of aliphatic hydroxyl groups is 1. The molecule has 4 nitrogen and oxygen atoms in total. The van der Waals surface area contributed by atoms with Gasteiger partial charge in [-0.1, -0.05) is 6.07 Å². The molecule has 0 spiro atoms. The Kier molecular flexibility index (Phi) is 3.83. The van der Waals surface area contributed by atoms with Gasteiger partial charge in [0.2, 0.25) is 0 Å². The molecule has 1 saturated heterocycles. The molecule has 25 heavy (non-hydrogen) atoms. The van der Waals surface area contributed by atoms with Crippen LogP contribution in [0.2, 0.25) is 0 Å². The van der Waals surface area contributed by atoms with E-state index in [0.29, 0.717) is 5.54 Å². The van der Waals surface area contributed by atoms with E-state index in [4.69, 9.17) is 0 Å². The first-order valence-electron chi connectivity index (χ1n) is 10.3. The summed E-state index contributed by atoms with van der Waals surface area (Å²) in [6.45, 7) is 6.27. The molecule has 1 aromatic heterocycles. The van der Waals surface area contributed by atoms with E-state index in [-0.39, 0.29) is 0 Å². The molecule has 4 saturated carbocycles. The number of aromatic nitrogens is 1. The summed E-state index contributed by atoms with van der Waals surface area (Å²) >= 11 is 0. The molecule has 6 rings (SSSR count). The molecule has 1 aromatic rings. The molecule has 0 radical (unpaired) electrons. The molecule has 5 aliphatic rings. The fourth-order valence-electron chi connectivity index (χ4n) is 6.71. The molecule has 1 aliphatic heterocycles. The second kappa shape index (κ2) is 5.95. The van der Waals surface area contributed by atoms with Gasteiger partial charge in [-0.15, -0.1) is 0 Å². The number of rotatable bonds is 3. The molecule has 2 heterocycles. The quantitative estimate of drug-likeness (QED) is 0.916. The largest absolute Gasteiger partial charge is 0.387 e. The Morgan fingerprint density at radius 3 is 2.16 bits per heavy atom. The van der Waals surface area contributed by atoms with Gasteiger partial charge in [-0.3, -0.25) is 4.90 Å². The minimum Gasteiger partial charge on any atom is -0.387 e. The Labute approximate surface area is 151 Å². The third kappa shape index (κ3) is 2.78. The number of aliphatic hydroxyl groups excluding tert-OH is 1. The lowest BCUT2D eigenvalue weighted by molar-refractivity contribution is -0.0901. The molecule has 1 atom stereocenters. The zero-order valence-electron chi connectivity index (χ0n) is 15.4. The molecule has 0 aromatic carbocycles. The lowest BCUT2D eigenvalue weighted by Crippen LogP contribution is -2.64. The molecular formula is C21H31N3O. The van der Waals surface area contributed by atoms with Crippen LogP contribution in [0.15, 0.2) is 18.2 Å². The summed E-state index contributed by atoms with van der Waals surface area (Å²) in [5.74, 6) is 4.10. The monoisotopic (exact) mass is 341 g/mol. The van der Waals surface area contributed by atoms with Crippen molar-refractivity contribution in [3.05, 3.63) is 23.9 Å². The molecule has 4 heteroatoms. The molecule has 4 bridgehead atoms. The van der Waals surface area contributed by atoms with Crippen molar-refractivity contribution in [1.82, 2.24) is 9.88 Å². The van der Waals surface area contributed by atoms with Crippen LogP contribution in [0.3, 0.4) is 0 Å². The summed E-state index contributed by atoms with van der Waals surface area (Å²) in [7, 11) is 0. The van der Waals surface area contributed by atoms with Gasteiger partial charge < -0.3 is 10.0 Å². The van der Waals surface area contributed by atoms with Crippen LogP contribution in [0.25, 0.3) is 0 Å². The number of anilines is 1. The van der Waals surface area contributed by atoms with Crippen LogP contribution >= 0.6 is 0 Å². The van der Waals surface area contributed by atoms with Gasteiger partial charge in [-0.25, -0.2) is 4.98 Å². The van der Waals surface area contributed by atoms with E-state index in [1.54, 1.807) is 6.92 Å². The van der Waals surface area contributed by atoms with E-state index in [1.807, 2.05) is 12.1 Å². The second-order valence-corrected chi connectivity index (χ2v) is 9.21. The van der Waals surface area contributed by atoms with Crippen LogP contribution in [0.5, 0.6) is 0 Å². The summed E-state index contributed by atoms with van der Waals surface area (Å²) < 4.78 is 0. The van der Waals surface area contributed by atoms with Gasteiger partial charge in [0.1, 0.15) is 5.82 Å². The van der Waals surface area contributed by atoms with E-state index in [2.05, 4.69) is 20.9 Å². The van der Waals surface area contributed by atoms with E-state index in [1.165, 1.54) is 51.6 Å². The predicted octanol–water partition coefficient (Wildman–Crippen LogP) is 3.23. The first-order chi connectivity index (χ1) is 12.1. The summed E-state index contributed by atoms with van der Waals surface area (Å²) in [4.78, 5) is 9.93. The molecule has 1 N–H and O–H groups in total. The average molecular weight is 341 g/mol. The van der Waals surface area contributed by atoms with Gasteiger partial charge in [0.15, 0.2) is 0 Å². The molecule has 136 valence electrons. The summed E-state index contributed by atoms with van der Waals surface area (Å²) in [6.07, 6.45) is 8.48. The minimum absolute atomic E-state index is 0.492. The van der Waals surface area contributed by atoms with Gasteiger partial charge in [0.25, 0.3) is 0 Å². The number of pyridine rings is 1. The first kappa shape index (κ1) is 16.1. The fraction of sp³-hybridized carbons (Fsp3) is 0.762. The average Bonchev–Trinajstić information content (AvgIpc) is 2.61. The van der Waals surface area contributed by atoms with E-state index in [0.717, 1.165) is 42.4 Å². The number of hydrogen-bond acceptors (Lipinski definition) is 4. The predicted molar refractivity (Wildman–Crippen MR) is 99.6 cm³/mol. The molecular weight excluding hydrogens is 310 g/mol. The zero-order valence-corrected chi connectivity index (χ0v) is 15.4. The molecule has 4 aliphatic carbocycles. The standard InChI is InChI=1S/C21H31N3O/c1-15(25)19-3-2-4-20(22-19)23-5-7-24(8-6-23)21-12-16-9-17(13-21)11-18(10-16)14-21/h2-4,15-18,25H,5-14H2,1H3/t15-,16?,17?,18?,21?/m1/s1. The molecule has 0 amide bonds. The topological polar surface area (TPSA) is 39.6 Å². The zero-order chi connectivity index (χ0) is 17.0. The van der Waals surface area contributed by atoms with Gasteiger partial charge in [-0.05, 0) is 75.3 Å². The van der Waals surface area contributed by atoms with Crippen LogP contribution in [0.4, 0.5) is 5.82 Å². The highest BCUT2D eigenvalue weighted by molar-refractivity contribution is 5.40. The van der Waals surface area contributed by atoms with Crippen molar-refractivity contribution in [2.45, 2.75) is 57.1 Å². The first-order valence-corrected chi connectivity index (χ1v) is 10.3. The molecule has 0 unspecified atom stereocenters. The van der Waals surface area contributed by atoms with Crippen molar-refractivity contribution in [3.63, 3.8) is 0 Å². The van der Waals surface area contributed by atoms with Crippen molar-refractivity contribution in [2.24, 2.45) is 17.8 Å². The summed E-state index contributed by atoms with van der Waals surface area (Å²) in [5.41, 5.74) is 1.32. The highest BCUT2D eigenvalue weighted by Crippen LogP contribution is 2.57. The van der Waals surface area contributed by atoms with Crippen molar-refractivity contribution in [2.75, 3.05) is 31.1 Å². The summed E-state index contributed by atoms with van der Waals surface area (Å²) in [5, 5.41) is 9.80. The lowest BCUT2D eigenvalue weighted by Gasteiger charge is -2.61. The van der Waals surface area contributed by atoms with Gasteiger partial charge in [0, 0.05) is 31.7 Å². The number of piperazine rings is 1. The van der Waals surface area contributed by atoms with Crippen LogP contribution < -0.4 is 4.90 Å². The highest BCUT2D eigenvalue weighted by atomic mass is 16.3. The Morgan fingerprint density at radius 2 is 1.60 bits per heavy atom. The van der Waals surface area contributed by atoms with Crippen molar-refractivity contribution < 1.29 is 5.11 Å². The SMILES string of the molecule is C[C@@H](O)c1cccc(N2CCN(C34CC5CC(CC(C5)C3)C4)CC2)n1. The van der Waals surface area contributed by atoms with Gasteiger partial charge in [0.05, 0.1) is 11.8 Å². The smallest absolute Gasteiger partial charge is 0.129 e. The Hall–Kier alpha value is -1.13. The van der Waals surface area contributed by atoms with Crippen LogP contribution in [0, 0.1) is 17.8 Å². The van der Waals surface area contributed by atoms with Crippen molar-refractivity contribution in [1.29, 1.82) is 0 Å². The highest BCUT2D eigenvalue weighted by Gasteiger charge is 2.53. The maximum atomic E-state index is 9.80. The van der Waals surface area contributed by atoms with Gasteiger partial charge >= 0.3 is 0 Å². The number of hydrogen-bond donors (Lipinski definition) is 1. The van der Waals surface area contributed by atoms with Crippen LogP contribution in [0.1, 0.15) is 57.2 Å². The normalized spacial score (nSPS) is 39.0. The Balaban J connectivity index is 1.28. The molecule has 5 fully saturated rings. The Bertz CT molecular complexity index is 600.